The van der Waals surface area contributed by atoms with Gasteiger partial charge in [-0.1, -0.05) is 28.1 Å². The number of benzene rings is 1. The lowest BCUT2D eigenvalue weighted by Crippen LogP contribution is -1.85. The number of hydrogen-bond acceptors (Lipinski definition) is 0. The highest BCUT2D eigenvalue weighted by atomic mass is 79.9. The van der Waals surface area contributed by atoms with Gasteiger partial charge >= 0.3 is 0 Å². The van der Waals surface area contributed by atoms with Crippen molar-refractivity contribution in [2.75, 3.05) is 5.33 Å². The first-order valence-corrected chi connectivity index (χ1v) is 4.25. The predicted octanol–water partition coefficient (Wildman–Crippen LogP) is 3.18. The normalized spacial score (nSPS) is 8.91. The molecule has 0 saturated carbocycles. The van der Waals surface area contributed by atoms with E-state index in [1.54, 1.807) is 12.1 Å². The van der Waals surface area contributed by atoms with Gasteiger partial charge in [0.25, 0.3) is 0 Å². The van der Waals surface area contributed by atoms with Gasteiger partial charge < -0.3 is 0 Å². The van der Waals surface area contributed by atoms with E-state index in [-0.39, 0.29) is 18.2 Å². The molecule has 1 aromatic carbocycles. The molecule has 0 fully saturated rings. The largest absolute Gasteiger partial charge is 0.207 e. The Hall–Kier alpha value is -0.0800. The highest BCUT2D eigenvalue weighted by molar-refractivity contribution is 9.09. The zero-order valence-corrected chi connectivity index (χ0v) is 8.29. The monoisotopic (exact) mass is 238 g/mol. The third-order valence-electron chi connectivity index (χ3n) is 1.27. The molecule has 0 heterocycles. The quantitative estimate of drug-likeness (QED) is 0.696. The standard InChI is InChI=1S/C8H8BrF.ClH/c9-5-4-7-2-1-3-8(10)6-7;/h1-3,6H,4-5H2;1H. The lowest BCUT2D eigenvalue weighted by atomic mass is 10.2. The van der Waals surface area contributed by atoms with Crippen LogP contribution in [0.4, 0.5) is 4.39 Å². The molecule has 0 N–H and O–H groups in total. The summed E-state index contributed by atoms with van der Waals surface area (Å²) >= 11 is 3.29. The molecule has 0 unspecified atom stereocenters. The van der Waals surface area contributed by atoms with Gasteiger partial charge in [0.1, 0.15) is 5.82 Å². The fourth-order valence-corrected chi connectivity index (χ4v) is 1.26. The van der Waals surface area contributed by atoms with Crippen LogP contribution in [0.3, 0.4) is 0 Å². The van der Waals surface area contributed by atoms with Crippen molar-refractivity contribution in [2.24, 2.45) is 0 Å². The summed E-state index contributed by atoms with van der Waals surface area (Å²) in [6.07, 6.45) is 0.887. The molecule has 0 aliphatic heterocycles. The number of rotatable bonds is 2. The number of hydrogen-bond donors (Lipinski definition) is 0. The van der Waals surface area contributed by atoms with E-state index >= 15 is 0 Å². The molecule has 1 rings (SSSR count). The summed E-state index contributed by atoms with van der Waals surface area (Å²) < 4.78 is 12.5. The van der Waals surface area contributed by atoms with Crippen molar-refractivity contribution in [3.63, 3.8) is 0 Å². The molecule has 0 spiro atoms. The van der Waals surface area contributed by atoms with Crippen molar-refractivity contribution >= 4 is 28.3 Å². The van der Waals surface area contributed by atoms with Crippen molar-refractivity contribution < 1.29 is 4.39 Å². The molecule has 3 heteroatoms. The summed E-state index contributed by atoms with van der Waals surface area (Å²) in [4.78, 5) is 0. The average molecular weight is 240 g/mol. The SMILES string of the molecule is Cl.Fc1cccc(CCBr)c1. The first-order chi connectivity index (χ1) is 4.83. The van der Waals surface area contributed by atoms with Gasteiger partial charge in [-0.15, -0.1) is 12.4 Å². The maximum Gasteiger partial charge on any atom is 0.123 e. The van der Waals surface area contributed by atoms with E-state index in [1.165, 1.54) is 6.07 Å². The number of alkyl halides is 1. The van der Waals surface area contributed by atoms with Crippen LogP contribution >= 0.6 is 28.3 Å². The number of halogens is 3. The van der Waals surface area contributed by atoms with Crippen LogP contribution in [0.5, 0.6) is 0 Å². The fraction of sp³-hybridized carbons (Fsp3) is 0.250. The molecular formula is C8H9BrClF. The van der Waals surface area contributed by atoms with Crippen molar-refractivity contribution in [3.05, 3.63) is 35.6 Å². The van der Waals surface area contributed by atoms with Gasteiger partial charge in [-0.25, -0.2) is 4.39 Å². The van der Waals surface area contributed by atoms with E-state index in [0.717, 1.165) is 17.3 Å². The van der Waals surface area contributed by atoms with E-state index in [4.69, 9.17) is 0 Å². The van der Waals surface area contributed by atoms with Gasteiger partial charge in [-0.2, -0.15) is 0 Å². The fourth-order valence-electron chi connectivity index (χ4n) is 0.802. The van der Waals surface area contributed by atoms with Crippen LogP contribution in [0.25, 0.3) is 0 Å². The summed E-state index contributed by atoms with van der Waals surface area (Å²) in [6, 6.07) is 6.66. The Morgan fingerprint density at radius 3 is 2.64 bits per heavy atom. The second kappa shape index (κ2) is 5.56. The van der Waals surface area contributed by atoms with Crippen molar-refractivity contribution in [2.45, 2.75) is 6.42 Å². The van der Waals surface area contributed by atoms with Crippen molar-refractivity contribution in [1.82, 2.24) is 0 Å². The summed E-state index contributed by atoms with van der Waals surface area (Å²) in [5.74, 6) is -0.154. The van der Waals surface area contributed by atoms with Crippen molar-refractivity contribution in [1.29, 1.82) is 0 Å². The van der Waals surface area contributed by atoms with E-state index in [0.29, 0.717) is 0 Å². The van der Waals surface area contributed by atoms with Gasteiger partial charge in [0, 0.05) is 5.33 Å². The minimum atomic E-state index is -0.154. The molecule has 0 radical (unpaired) electrons. The predicted molar refractivity (Wildman–Crippen MR) is 51.1 cm³/mol. The van der Waals surface area contributed by atoms with Gasteiger partial charge in [-0.3, -0.25) is 0 Å². The van der Waals surface area contributed by atoms with Gasteiger partial charge in [0.15, 0.2) is 0 Å². The topological polar surface area (TPSA) is 0 Å². The Bertz CT molecular complexity index is 215. The molecule has 1 aromatic rings. The van der Waals surface area contributed by atoms with Crippen LogP contribution in [0.2, 0.25) is 0 Å². The van der Waals surface area contributed by atoms with Crippen LogP contribution in [-0.2, 0) is 6.42 Å². The summed E-state index contributed by atoms with van der Waals surface area (Å²) in [7, 11) is 0. The Morgan fingerprint density at radius 2 is 2.09 bits per heavy atom. The molecule has 0 aliphatic carbocycles. The average Bonchev–Trinajstić information content (AvgIpc) is 1.88. The molecule has 0 amide bonds. The minimum absolute atomic E-state index is 0. The molecule has 0 atom stereocenters. The molecule has 0 bridgehead atoms. The lowest BCUT2D eigenvalue weighted by Gasteiger charge is -1.95. The Labute approximate surface area is 80.3 Å². The second-order valence-corrected chi connectivity index (χ2v) is 2.86. The summed E-state index contributed by atoms with van der Waals surface area (Å²) in [5.41, 5.74) is 1.04. The van der Waals surface area contributed by atoms with Crippen LogP contribution < -0.4 is 0 Å². The highest BCUT2D eigenvalue weighted by Gasteiger charge is 1.92. The van der Waals surface area contributed by atoms with Crippen LogP contribution in [0.1, 0.15) is 5.56 Å². The molecule has 0 saturated heterocycles. The second-order valence-electron chi connectivity index (χ2n) is 2.07. The summed E-state index contributed by atoms with van der Waals surface area (Å²) in [5, 5.41) is 0.885. The Morgan fingerprint density at radius 1 is 1.36 bits per heavy atom. The molecule has 11 heavy (non-hydrogen) atoms. The zero-order valence-electron chi connectivity index (χ0n) is 5.89. The van der Waals surface area contributed by atoms with Crippen LogP contribution in [0.15, 0.2) is 24.3 Å². The van der Waals surface area contributed by atoms with Gasteiger partial charge in [0.2, 0.25) is 0 Å². The van der Waals surface area contributed by atoms with Crippen LogP contribution in [-0.4, -0.2) is 5.33 Å². The zero-order chi connectivity index (χ0) is 7.40. The summed E-state index contributed by atoms with van der Waals surface area (Å²) in [6.45, 7) is 0. The van der Waals surface area contributed by atoms with Crippen molar-refractivity contribution in [3.8, 4) is 0 Å². The molecule has 0 nitrogen and oxygen atoms in total. The first-order valence-electron chi connectivity index (χ1n) is 3.13. The van der Waals surface area contributed by atoms with Crippen LogP contribution in [0, 0.1) is 5.82 Å². The maximum absolute atomic E-state index is 12.5. The van der Waals surface area contributed by atoms with E-state index in [9.17, 15) is 4.39 Å². The Balaban J connectivity index is 0.000001000. The maximum atomic E-state index is 12.5. The third kappa shape index (κ3) is 3.73. The molecule has 0 aromatic heterocycles. The number of aryl methyl sites for hydroxylation is 1. The van der Waals surface area contributed by atoms with E-state index in [1.807, 2.05) is 6.07 Å². The molecular weight excluding hydrogens is 230 g/mol. The minimum Gasteiger partial charge on any atom is -0.207 e. The van der Waals surface area contributed by atoms with E-state index in [2.05, 4.69) is 15.9 Å². The van der Waals surface area contributed by atoms with Gasteiger partial charge in [0.05, 0.1) is 0 Å². The molecule has 62 valence electrons. The highest BCUT2D eigenvalue weighted by Crippen LogP contribution is 2.04. The molecule has 0 aliphatic rings. The lowest BCUT2D eigenvalue weighted by molar-refractivity contribution is 0.626. The third-order valence-corrected chi connectivity index (χ3v) is 1.67. The Kier molecular flexibility index (Phi) is 5.51. The smallest absolute Gasteiger partial charge is 0.123 e. The van der Waals surface area contributed by atoms with E-state index < -0.39 is 0 Å². The van der Waals surface area contributed by atoms with Gasteiger partial charge in [-0.05, 0) is 24.1 Å². The first kappa shape index (κ1) is 10.9.